The number of hydrogen-bond acceptors (Lipinski definition) is 4. The molecule has 0 fully saturated rings. The molecule has 142 valence electrons. The number of halogens is 1. The lowest BCUT2D eigenvalue weighted by molar-refractivity contribution is -0.143. The van der Waals surface area contributed by atoms with E-state index in [2.05, 4.69) is 10.3 Å². The van der Waals surface area contributed by atoms with Crippen LogP contribution in [0.2, 0.25) is 0 Å². The van der Waals surface area contributed by atoms with Gasteiger partial charge in [0.15, 0.2) is 5.84 Å². The van der Waals surface area contributed by atoms with Gasteiger partial charge in [0.25, 0.3) is 0 Å². The molecule has 0 aromatic heterocycles. The van der Waals surface area contributed by atoms with Crippen molar-refractivity contribution in [1.82, 2.24) is 4.42 Å². The van der Waals surface area contributed by atoms with E-state index in [0.29, 0.717) is 12.1 Å². The molecule has 27 heavy (non-hydrogen) atoms. The van der Waals surface area contributed by atoms with Crippen LogP contribution >= 0.6 is 11.8 Å². The van der Waals surface area contributed by atoms with Gasteiger partial charge < -0.3 is 10.9 Å². The van der Waals surface area contributed by atoms with Gasteiger partial charge in [-0.05, 0) is 34.4 Å². The molecule has 0 amide bonds. The molecule has 2 aromatic carbocycles. The number of benzene rings is 2. The van der Waals surface area contributed by atoms with Crippen molar-refractivity contribution in [3.8, 4) is 11.1 Å². The average Bonchev–Trinajstić information content (AvgIpc) is 2.62. The fourth-order valence-corrected chi connectivity index (χ4v) is 3.29. The monoisotopic (exact) mass is 387 g/mol. The summed E-state index contributed by atoms with van der Waals surface area (Å²) in [4.78, 5) is 11.4. The Bertz CT molecular complexity index is 836. The lowest BCUT2D eigenvalue weighted by Crippen LogP contribution is -2.38. The van der Waals surface area contributed by atoms with Crippen molar-refractivity contribution >= 4 is 23.6 Å². The smallest absolute Gasteiger partial charge is 0.322 e. The van der Waals surface area contributed by atoms with Gasteiger partial charge in [0.05, 0.1) is 0 Å². The van der Waals surface area contributed by atoms with Crippen LogP contribution in [-0.2, 0) is 11.3 Å². The topological polar surface area (TPSA) is 115 Å². The van der Waals surface area contributed by atoms with Gasteiger partial charge in [-0.3, -0.25) is 10.2 Å². The third-order valence-corrected chi connectivity index (χ3v) is 4.45. The van der Waals surface area contributed by atoms with Crippen LogP contribution in [0.25, 0.3) is 11.1 Å². The summed E-state index contributed by atoms with van der Waals surface area (Å²) in [6.07, 6.45) is 0. The fourth-order valence-electron chi connectivity index (χ4n) is 2.84. The largest absolute Gasteiger partial charge is 0.480 e. The molecule has 1 atom stereocenters. The van der Waals surface area contributed by atoms with Gasteiger partial charge in [-0.2, -0.15) is 0 Å². The standard InChI is InChI=1S/C19H22ClN5O2/c1-12(2)17(19(26)27)25(20)11-13-7-9-14(10-8-13)15-5-3-4-6-16(15)18(21)23-24-22/h3-10,12,17H,11H2,1-2H3,(H,26,27)(H3,21,22,23). The SMILES string of the molecule is CC(C)C(C(=O)O)N(Cl)Cc1ccc(-c2ccccc2C(=N)N=NN)cc1. The molecule has 0 aliphatic rings. The molecule has 7 nitrogen and oxygen atoms in total. The molecular formula is C19H22ClN5O2. The maximum atomic E-state index is 11.4. The molecule has 4 N–H and O–H groups in total. The predicted octanol–water partition coefficient (Wildman–Crippen LogP) is 4.07. The Kier molecular flexibility index (Phi) is 7.04. The van der Waals surface area contributed by atoms with E-state index in [-0.39, 0.29) is 11.8 Å². The quantitative estimate of drug-likeness (QED) is 0.166. The number of carbonyl (C=O) groups is 1. The van der Waals surface area contributed by atoms with Crippen molar-refractivity contribution in [3.63, 3.8) is 0 Å². The Balaban J connectivity index is 2.24. The number of amidine groups is 1. The molecule has 1 unspecified atom stereocenters. The van der Waals surface area contributed by atoms with E-state index in [9.17, 15) is 9.90 Å². The summed E-state index contributed by atoms with van der Waals surface area (Å²) in [7, 11) is 0. The first kappa shape index (κ1) is 20.5. The van der Waals surface area contributed by atoms with E-state index in [1.54, 1.807) is 6.07 Å². The van der Waals surface area contributed by atoms with Crippen LogP contribution in [0.5, 0.6) is 0 Å². The van der Waals surface area contributed by atoms with E-state index in [1.807, 2.05) is 56.3 Å². The fraction of sp³-hybridized carbons (Fsp3) is 0.263. The maximum absolute atomic E-state index is 11.4. The Morgan fingerprint density at radius 3 is 2.41 bits per heavy atom. The summed E-state index contributed by atoms with van der Waals surface area (Å²) >= 11 is 6.22. The minimum Gasteiger partial charge on any atom is -0.480 e. The molecule has 0 radical (unpaired) electrons. The summed E-state index contributed by atoms with van der Waals surface area (Å²) in [5.74, 6) is 3.96. The van der Waals surface area contributed by atoms with E-state index in [0.717, 1.165) is 16.7 Å². The van der Waals surface area contributed by atoms with E-state index >= 15 is 0 Å². The second kappa shape index (κ2) is 9.25. The van der Waals surface area contributed by atoms with Gasteiger partial charge in [0.1, 0.15) is 6.04 Å². The zero-order chi connectivity index (χ0) is 20.0. The van der Waals surface area contributed by atoms with Gasteiger partial charge in [-0.1, -0.05) is 67.6 Å². The number of nitrogens with one attached hydrogen (secondary N) is 1. The summed E-state index contributed by atoms with van der Waals surface area (Å²) in [5.41, 5.74) is 3.22. The first-order valence-corrected chi connectivity index (χ1v) is 8.72. The van der Waals surface area contributed by atoms with Crippen LogP contribution in [0.3, 0.4) is 0 Å². The molecule has 0 saturated heterocycles. The number of nitrogens with zero attached hydrogens (tertiary/aromatic N) is 3. The van der Waals surface area contributed by atoms with Crippen LogP contribution in [0.15, 0.2) is 58.9 Å². The highest BCUT2D eigenvalue weighted by Crippen LogP contribution is 2.26. The normalized spacial score (nSPS) is 12.6. The molecule has 8 heteroatoms. The van der Waals surface area contributed by atoms with Crippen molar-refractivity contribution in [2.45, 2.75) is 26.4 Å². The second-order valence-corrected chi connectivity index (χ2v) is 6.83. The Morgan fingerprint density at radius 2 is 1.85 bits per heavy atom. The number of aliphatic carboxylic acids is 1. The molecule has 2 rings (SSSR count). The average molecular weight is 388 g/mol. The lowest BCUT2D eigenvalue weighted by Gasteiger charge is -2.24. The van der Waals surface area contributed by atoms with Gasteiger partial charge in [-0.15, -0.1) is 5.11 Å². The van der Waals surface area contributed by atoms with Crippen molar-refractivity contribution < 1.29 is 9.90 Å². The first-order valence-electron chi connectivity index (χ1n) is 8.38. The molecule has 0 heterocycles. The van der Waals surface area contributed by atoms with Gasteiger partial charge in [0, 0.05) is 12.1 Å². The Hall–Kier alpha value is -2.77. The summed E-state index contributed by atoms with van der Waals surface area (Å²) in [6, 6.07) is 14.2. The number of hydrogen-bond donors (Lipinski definition) is 3. The summed E-state index contributed by atoms with van der Waals surface area (Å²) < 4.78 is 1.31. The maximum Gasteiger partial charge on any atom is 0.322 e. The van der Waals surface area contributed by atoms with Gasteiger partial charge in [0.2, 0.25) is 0 Å². The second-order valence-electron chi connectivity index (χ2n) is 6.39. The molecule has 0 aliphatic heterocycles. The minimum atomic E-state index is -0.946. The number of carboxylic acid groups (broad SMARTS) is 1. The number of carboxylic acids is 1. The van der Waals surface area contributed by atoms with Crippen LogP contribution in [0, 0.1) is 11.3 Å². The lowest BCUT2D eigenvalue weighted by atomic mass is 9.98. The third-order valence-electron chi connectivity index (χ3n) is 4.12. The minimum absolute atomic E-state index is 0.0228. The molecule has 0 spiro atoms. The van der Waals surface area contributed by atoms with Crippen LogP contribution < -0.4 is 5.84 Å². The molecule has 0 aliphatic carbocycles. The van der Waals surface area contributed by atoms with Crippen molar-refractivity contribution in [2.75, 3.05) is 0 Å². The zero-order valence-electron chi connectivity index (χ0n) is 15.1. The van der Waals surface area contributed by atoms with Crippen LogP contribution in [0.4, 0.5) is 0 Å². The number of rotatable bonds is 7. The summed E-state index contributed by atoms with van der Waals surface area (Å²) in [5, 5.41) is 24.1. The highest BCUT2D eigenvalue weighted by atomic mass is 35.5. The zero-order valence-corrected chi connectivity index (χ0v) is 15.9. The van der Waals surface area contributed by atoms with E-state index in [1.165, 1.54) is 4.42 Å². The molecule has 0 bridgehead atoms. The van der Waals surface area contributed by atoms with Crippen molar-refractivity contribution in [1.29, 1.82) is 5.41 Å². The highest BCUT2D eigenvalue weighted by molar-refractivity contribution is 6.14. The van der Waals surface area contributed by atoms with Gasteiger partial charge in [-0.25, -0.2) is 4.42 Å². The van der Waals surface area contributed by atoms with Crippen LogP contribution in [-0.4, -0.2) is 27.4 Å². The van der Waals surface area contributed by atoms with Crippen LogP contribution in [0.1, 0.15) is 25.0 Å². The van der Waals surface area contributed by atoms with Gasteiger partial charge >= 0.3 is 5.97 Å². The highest BCUT2D eigenvalue weighted by Gasteiger charge is 2.27. The van der Waals surface area contributed by atoms with E-state index < -0.39 is 12.0 Å². The van der Waals surface area contributed by atoms with E-state index in [4.69, 9.17) is 23.0 Å². The first-order chi connectivity index (χ1) is 12.8. The predicted molar refractivity (Wildman–Crippen MR) is 105 cm³/mol. The van der Waals surface area contributed by atoms with Crippen molar-refractivity contribution in [2.24, 2.45) is 22.1 Å². The molecule has 0 saturated carbocycles. The number of nitrogens with two attached hydrogens (primary N) is 1. The Labute approximate surface area is 163 Å². The Morgan fingerprint density at radius 1 is 1.22 bits per heavy atom. The third kappa shape index (κ3) is 5.12. The van der Waals surface area contributed by atoms with Crippen molar-refractivity contribution in [3.05, 3.63) is 59.7 Å². The molecule has 2 aromatic rings. The summed E-state index contributed by atoms with van der Waals surface area (Å²) in [6.45, 7) is 3.94. The molecular weight excluding hydrogens is 366 g/mol.